The van der Waals surface area contributed by atoms with Crippen molar-refractivity contribution in [1.82, 2.24) is 4.98 Å². The van der Waals surface area contributed by atoms with E-state index in [1.165, 1.54) is 0 Å². The summed E-state index contributed by atoms with van der Waals surface area (Å²) in [5.74, 6) is 0.00951. The molecule has 2 atom stereocenters. The van der Waals surface area contributed by atoms with Gasteiger partial charge in [-0.2, -0.15) is 0 Å². The summed E-state index contributed by atoms with van der Waals surface area (Å²) in [4.78, 5) is 16.5. The van der Waals surface area contributed by atoms with Crippen molar-refractivity contribution >= 4 is 11.8 Å². The zero-order chi connectivity index (χ0) is 16.4. The van der Waals surface area contributed by atoms with E-state index in [4.69, 9.17) is 4.74 Å². The number of nitrogens with zero attached hydrogens (tertiary/aromatic N) is 1. The van der Waals surface area contributed by atoms with Crippen LogP contribution in [0, 0.1) is 0 Å². The van der Waals surface area contributed by atoms with E-state index in [9.17, 15) is 9.90 Å². The van der Waals surface area contributed by atoms with Gasteiger partial charge in [0.15, 0.2) is 0 Å². The summed E-state index contributed by atoms with van der Waals surface area (Å²) >= 11 is 0. The molecule has 1 aromatic carbocycles. The van der Waals surface area contributed by atoms with Gasteiger partial charge in [0.1, 0.15) is 11.4 Å². The van der Waals surface area contributed by atoms with Crippen molar-refractivity contribution in [2.75, 3.05) is 5.32 Å². The lowest BCUT2D eigenvalue weighted by atomic mass is 10.1. The minimum Gasteiger partial charge on any atom is -0.459 e. The molecular weight excluding hydrogens is 292 g/mol. The van der Waals surface area contributed by atoms with Crippen LogP contribution in [0.25, 0.3) is 0 Å². The van der Waals surface area contributed by atoms with Crippen LogP contribution in [-0.2, 0) is 11.2 Å². The van der Waals surface area contributed by atoms with E-state index >= 15 is 0 Å². The highest BCUT2D eigenvalue weighted by Crippen LogP contribution is 2.34. The Bertz CT molecular complexity index is 715. The van der Waals surface area contributed by atoms with Crippen LogP contribution >= 0.6 is 0 Å². The Balaban J connectivity index is 1.88. The van der Waals surface area contributed by atoms with E-state index in [-0.39, 0.29) is 12.1 Å². The summed E-state index contributed by atoms with van der Waals surface area (Å²) in [5.41, 5.74) is 2.52. The quantitative estimate of drug-likeness (QED) is 0.849. The number of aliphatic hydroxyl groups excluding tert-OH is 1. The normalized spacial score (nSPS) is 19.5. The van der Waals surface area contributed by atoms with Gasteiger partial charge in [-0.3, -0.25) is 0 Å². The zero-order valence-electron chi connectivity index (χ0n) is 13.2. The van der Waals surface area contributed by atoms with Gasteiger partial charge in [0.05, 0.1) is 18.2 Å². The molecule has 0 bridgehead atoms. The summed E-state index contributed by atoms with van der Waals surface area (Å²) in [5, 5.41) is 13.5. The number of ether oxygens (including phenoxy) is 1. The van der Waals surface area contributed by atoms with E-state index in [1.807, 2.05) is 24.3 Å². The molecule has 0 fully saturated rings. The first-order valence-electron chi connectivity index (χ1n) is 7.74. The molecule has 120 valence electrons. The summed E-state index contributed by atoms with van der Waals surface area (Å²) in [6.07, 6.45) is 1.45. The van der Waals surface area contributed by atoms with Gasteiger partial charge in [0.25, 0.3) is 0 Å². The molecule has 2 aromatic rings. The number of pyridine rings is 1. The molecule has 0 radical (unpaired) electrons. The Labute approximate surface area is 135 Å². The average Bonchev–Trinajstić information content (AvgIpc) is 2.83. The molecule has 2 N–H and O–H groups in total. The minimum absolute atomic E-state index is 0.201. The minimum atomic E-state index is -0.552. The molecule has 0 unspecified atom stereocenters. The Morgan fingerprint density at radius 2 is 2.09 bits per heavy atom. The Kier molecular flexibility index (Phi) is 4.30. The highest BCUT2D eigenvalue weighted by Gasteiger charge is 2.31. The number of aromatic nitrogens is 1. The fourth-order valence-corrected chi connectivity index (χ4v) is 2.86. The maximum Gasteiger partial charge on any atom is 0.342 e. The highest BCUT2D eigenvalue weighted by molar-refractivity contribution is 5.94. The Morgan fingerprint density at radius 3 is 2.87 bits per heavy atom. The van der Waals surface area contributed by atoms with Gasteiger partial charge in [0, 0.05) is 12.6 Å². The number of aliphatic hydroxyl groups is 1. The van der Waals surface area contributed by atoms with Gasteiger partial charge in [-0.15, -0.1) is 0 Å². The summed E-state index contributed by atoms with van der Waals surface area (Å²) in [6.45, 7) is 3.61. The van der Waals surface area contributed by atoms with Crippen molar-refractivity contribution in [3.8, 4) is 0 Å². The molecule has 5 heteroatoms. The van der Waals surface area contributed by atoms with E-state index in [0.717, 1.165) is 11.1 Å². The number of esters is 1. The maximum atomic E-state index is 12.2. The number of hydrogen-bond acceptors (Lipinski definition) is 5. The van der Waals surface area contributed by atoms with Crippen LogP contribution < -0.4 is 5.32 Å². The van der Waals surface area contributed by atoms with E-state index in [1.54, 1.807) is 32.2 Å². The predicted molar refractivity (Wildman–Crippen MR) is 87.3 cm³/mol. The van der Waals surface area contributed by atoms with E-state index in [2.05, 4.69) is 10.3 Å². The molecule has 5 nitrogen and oxygen atoms in total. The van der Waals surface area contributed by atoms with Gasteiger partial charge < -0.3 is 15.2 Å². The first-order valence-corrected chi connectivity index (χ1v) is 7.74. The van der Waals surface area contributed by atoms with Gasteiger partial charge in [0.2, 0.25) is 0 Å². The summed E-state index contributed by atoms with van der Waals surface area (Å²) in [6, 6.07) is 11.0. The SMILES string of the molecule is CC(C)OC(=O)c1cccnc1N[C@@H]1c2ccccc2C[C@@H]1O. The number of carbonyl (C=O) groups is 1. The molecule has 0 saturated heterocycles. The van der Waals surface area contributed by atoms with Gasteiger partial charge in [-0.05, 0) is 37.1 Å². The molecule has 1 aliphatic carbocycles. The molecule has 1 heterocycles. The third-order valence-electron chi connectivity index (χ3n) is 3.87. The molecule has 1 aromatic heterocycles. The Hall–Kier alpha value is -2.40. The number of benzene rings is 1. The molecule has 3 rings (SSSR count). The summed E-state index contributed by atoms with van der Waals surface area (Å²) in [7, 11) is 0. The fourth-order valence-electron chi connectivity index (χ4n) is 2.86. The van der Waals surface area contributed by atoms with Crippen LogP contribution in [0.15, 0.2) is 42.6 Å². The van der Waals surface area contributed by atoms with Crippen molar-refractivity contribution in [3.05, 3.63) is 59.3 Å². The van der Waals surface area contributed by atoms with Gasteiger partial charge in [-0.1, -0.05) is 24.3 Å². The number of nitrogens with one attached hydrogen (secondary N) is 1. The second-order valence-electron chi connectivity index (χ2n) is 5.95. The monoisotopic (exact) mass is 312 g/mol. The van der Waals surface area contributed by atoms with Gasteiger partial charge >= 0.3 is 5.97 Å². The second kappa shape index (κ2) is 6.38. The third-order valence-corrected chi connectivity index (χ3v) is 3.87. The molecule has 0 aliphatic heterocycles. The van der Waals surface area contributed by atoms with Crippen molar-refractivity contribution in [2.45, 2.75) is 38.5 Å². The van der Waals surface area contributed by atoms with Gasteiger partial charge in [-0.25, -0.2) is 9.78 Å². The zero-order valence-corrected chi connectivity index (χ0v) is 13.2. The smallest absolute Gasteiger partial charge is 0.342 e. The average molecular weight is 312 g/mol. The van der Waals surface area contributed by atoms with Crippen LogP contribution in [0.5, 0.6) is 0 Å². The van der Waals surface area contributed by atoms with Crippen LogP contribution in [0.4, 0.5) is 5.82 Å². The number of rotatable bonds is 4. The number of anilines is 1. The number of hydrogen-bond donors (Lipinski definition) is 2. The third kappa shape index (κ3) is 3.19. The van der Waals surface area contributed by atoms with Crippen LogP contribution in [0.1, 0.15) is 41.4 Å². The highest BCUT2D eigenvalue weighted by atomic mass is 16.5. The number of fused-ring (bicyclic) bond motifs is 1. The Morgan fingerprint density at radius 1 is 1.30 bits per heavy atom. The molecule has 23 heavy (non-hydrogen) atoms. The van der Waals surface area contributed by atoms with Crippen molar-refractivity contribution < 1.29 is 14.6 Å². The topological polar surface area (TPSA) is 71.5 Å². The molecular formula is C18H20N2O3. The predicted octanol–water partition coefficient (Wildman–Crippen LogP) is 2.72. The van der Waals surface area contributed by atoms with Crippen LogP contribution in [0.2, 0.25) is 0 Å². The largest absolute Gasteiger partial charge is 0.459 e. The molecule has 0 amide bonds. The van der Waals surface area contributed by atoms with E-state index in [0.29, 0.717) is 17.8 Å². The van der Waals surface area contributed by atoms with Crippen molar-refractivity contribution in [2.24, 2.45) is 0 Å². The lowest BCUT2D eigenvalue weighted by Crippen LogP contribution is -2.23. The van der Waals surface area contributed by atoms with Crippen LogP contribution in [0.3, 0.4) is 0 Å². The fraction of sp³-hybridized carbons (Fsp3) is 0.333. The second-order valence-corrected chi connectivity index (χ2v) is 5.95. The molecule has 0 saturated carbocycles. The maximum absolute atomic E-state index is 12.2. The first-order chi connectivity index (χ1) is 11.1. The van der Waals surface area contributed by atoms with Crippen molar-refractivity contribution in [3.63, 3.8) is 0 Å². The van der Waals surface area contributed by atoms with Crippen molar-refractivity contribution in [1.29, 1.82) is 0 Å². The lowest BCUT2D eigenvalue weighted by Gasteiger charge is -2.20. The standard InChI is InChI=1S/C18H20N2O3/c1-11(2)23-18(22)14-8-5-9-19-17(14)20-16-13-7-4-3-6-12(13)10-15(16)21/h3-9,11,15-16,21H,10H2,1-2H3,(H,19,20)/t15-,16+/m0/s1. The van der Waals surface area contributed by atoms with Crippen LogP contribution in [-0.4, -0.2) is 28.3 Å². The first kappa shape index (κ1) is 15.5. The molecule has 1 aliphatic rings. The summed E-state index contributed by atoms with van der Waals surface area (Å²) < 4.78 is 5.26. The molecule has 0 spiro atoms. The van der Waals surface area contributed by atoms with E-state index < -0.39 is 12.1 Å². The number of carbonyl (C=O) groups excluding carboxylic acids is 1. The lowest BCUT2D eigenvalue weighted by molar-refractivity contribution is 0.0378.